The van der Waals surface area contributed by atoms with E-state index in [1.165, 1.54) is 6.20 Å². The molecule has 1 aromatic heterocycles. The average molecular weight is 216 g/mol. The van der Waals surface area contributed by atoms with E-state index in [1.807, 2.05) is 0 Å². The highest BCUT2D eigenvalue weighted by Crippen LogP contribution is 1.99. The van der Waals surface area contributed by atoms with Crippen LogP contribution in [0.4, 0.5) is 0 Å². The van der Waals surface area contributed by atoms with Crippen LogP contribution >= 0.6 is 11.5 Å². The number of hydrazine groups is 1. The van der Waals surface area contributed by atoms with Gasteiger partial charge in [0.2, 0.25) is 0 Å². The van der Waals surface area contributed by atoms with Gasteiger partial charge in [0.15, 0.2) is 0 Å². The molecule has 0 saturated heterocycles. The highest BCUT2D eigenvalue weighted by atomic mass is 32.1. The second-order valence-corrected chi connectivity index (χ2v) is 3.09. The number of hydrogen-bond acceptors (Lipinski definition) is 6. The molecule has 0 bridgehead atoms. The van der Waals surface area contributed by atoms with Crippen molar-refractivity contribution < 1.29 is 14.7 Å². The molecule has 0 unspecified atom stereocenters. The number of carbonyl (C=O) groups excluding carboxylic acids is 1. The number of rotatable bonds is 5. The van der Waals surface area contributed by atoms with Gasteiger partial charge in [0.05, 0.1) is 12.6 Å². The quantitative estimate of drug-likeness (QED) is 0.442. The number of hydrogen-bond donors (Lipinski definition) is 3. The van der Waals surface area contributed by atoms with E-state index in [1.54, 1.807) is 0 Å². The molecule has 7 nitrogen and oxygen atoms in total. The summed E-state index contributed by atoms with van der Waals surface area (Å²) in [7, 11) is 0. The first-order chi connectivity index (χ1) is 6.70. The first kappa shape index (κ1) is 10.5. The molecule has 0 aliphatic heterocycles. The molecule has 0 fully saturated rings. The maximum atomic E-state index is 11.2. The maximum Gasteiger partial charge on any atom is 0.304 e. The summed E-state index contributed by atoms with van der Waals surface area (Å²) in [5, 5.41) is 11.8. The number of carboxylic acid groups (broad SMARTS) is 1. The van der Waals surface area contributed by atoms with E-state index in [9.17, 15) is 9.59 Å². The molecular weight excluding hydrogens is 208 g/mol. The standard InChI is InChI=1S/C6H8N4O3S/c11-5(12)1-2-7-9-6(13)4-3-8-10-14-4/h3,7H,1-2H2,(H,9,13)(H,11,12). The smallest absolute Gasteiger partial charge is 0.304 e. The Morgan fingerprint density at radius 3 is 2.93 bits per heavy atom. The molecule has 0 aromatic carbocycles. The summed E-state index contributed by atoms with van der Waals surface area (Å²) in [5.74, 6) is -1.29. The molecule has 8 heteroatoms. The van der Waals surface area contributed by atoms with Gasteiger partial charge in [-0.2, -0.15) is 0 Å². The summed E-state index contributed by atoms with van der Waals surface area (Å²) in [5.41, 5.74) is 4.79. The second-order valence-electron chi connectivity index (χ2n) is 2.31. The van der Waals surface area contributed by atoms with E-state index >= 15 is 0 Å². The van der Waals surface area contributed by atoms with Crippen LogP contribution in [0.2, 0.25) is 0 Å². The van der Waals surface area contributed by atoms with Crippen LogP contribution in [0.5, 0.6) is 0 Å². The number of carbonyl (C=O) groups is 2. The van der Waals surface area contributed by atoms with Crippen LogP contribution in [0.3, 0.4) is 0 Å². The SMILES string of the molecule is O=C(O)CCNNC(=O)c1cnns1. The Hall–Kier alpha value is -1.54. The van der Waals surface area contributed by atoms with E-state index < -0.39 is 5.97 Å². The van der Waals surface area contributed by atoms with Crippen molar-refractivity contribution in [1.82, 2.24) is 20.4 Å². The predicted octanol–water partition coefficient (Wildman–Crippen LogP) is -0.753. The molecule has 0 aliphatic carbocycles. The molecule has 1 rings (SSSR count). The summed E-state index contributed by atoms with van der Waals surface area (Å²) in [4.78, 5) is 21.6. The van der Waals surface area contributed by atoms with E-state index in [4.69, 9.17) is 5.11 Å². The van der Waals surface area contributed by atoms with Crippen LogP contribution in [0.25, 0.3) is 0 Å². The molecule has 1 amide bonds. The number of aromatic nitrogens is 2. The molecule has 3 N–H and O–H groups in total. The zero-order chi connectivity index (χ0) is 10.4. The summed E-state index contributed by atoms with van der Waals surface area (Å²) >= 11 is 0.966. The number of nitrogens with zero attached hydrogens (tertiary/aromatic N) is 2. The Balaban J connectivity index is 2.19. The van der Waals surface area contributed by atoms with Gasteiger partial charge in [-0.05, 0) is 11.5 Å². The first-order valence-corrected chi connectivity index (χ1v) is 4.50. The van der Waals surface area contributed by atoms with Crippen LogP contribution in [0, 0.1) is 0 Å². The van der Waals surface area contributed by atoms with E-state index in [2.05, 4.69) is 20.4 Å². The first-order valence-electron chi connectivity index (χ1n) is 3.72. The summed E-state index contributed by atoms with van der Waals surface area (Å²) < 4.78 is 3.51. The van der Waals surface area contributed by atoms with Gasteiger partial charge in [-0.3, -0.25) is 15.0 Å². The summed E-state index contributed by atoms with van der Waals surface area (Å²) in [6.45, 7) is 0.174. The Morgan fingerprint density at radius 1 is 1.57 bits per heavy atom. The number of aliphatic carboxylic acids is 1. The van der Waals surface area contributed by atoms with Crippen molar-refractivity contribution >= 4 is 23.4 Å². The normalized spacial score (nSPS) is 9.71. The van der Waals surface area contributed by atoms with Crippen LogP contribution in [-0.2, 0) is 4.79 Å². The molecule has 0 spiro atoms. The molecular formula is C6H8N4O3S. The van der Waals surface area contributed by atoms with Crippen LogP contribution in [0.1, 0.15) is 16.1 Å². The Labute approximate surface area is 83.3 Å². The molecule has 76 valence electrons. The van der Waals surface area contributed by atoms with E-state index in [-0.39, 0.29) is 18.9 Å². The van der Waals surface area contributed by atoms with Crippen LogP contribution in [0.15, 0.2) is 6.20 Å². The zero-order valence-corrected chi connectivity index (χ0v) is 7.87. The van der Waals surface area contributed by atoms with Gasteiger partial charge in [0.25, 0.3) is 5.91 Å². The lowest BCUT2D eigenvalue weighted by Crippen LogP contribution is -2.38. The summed E-state index contributed by atoms with van der Waals surface area (Å²) in [6, 6.07) is 0. The maximum absolute atomic E-state index is 11.2. The lowest BCUT2D eigenvalue weighted by Gasteiger charge is -2.02. The minimum absolute atomic E-state index is 0.0543. The third kappa shape index (κ3) is 3.46. The Morgan fingerprint density at radius 2 is 2.36 bits per heavy atom. The fourth-order valence-electron chi connectivity index (χ4n) is 0.641. The predicted molar refractivity (Wildman–Crippen MR) is 47.6 cm³/mol. The van der Waals surface area contributed by atoms with Gasteiger partial charge in [0.1, 0.15) is 4.88 Å². The monoisotopic (exact) mass is 216 g/mol. The molecule has 1 heterocycles. The molecule has 0 saturated carbocycles. The van der Waals surface area contributed by atoms with E-state index in [0.717, 1.165) is 11.5 Å². The molecule has 0 aliphatic rings. The number of amides is 1. The minimum Gasteiger partial charge on any atom is -0.481 e. The topological polar surface area (TPSA) is 104 Å². The lowest BCUT2D eigenvalue weighted by atomic mass is 10.4. The van der Waals surface area contributed by atoms with Gasteiger partial charge < -0.3 is 5.11 Å². The molecule has 1 aromatic rings. The summed E-state index contributed by atoms with van der Waals surface area (Å²) in [6.07, 6.45) is 1.28. The highest BCUT2D eigenvalue weighted by Gasteiger charge is 2.06. The van der Waals surface area contributed by atoms with Crippen LogP contribution in [-0.4, -0.2) is 33.1 Å². The van der Waals surface area contributed by atoms with Crippen molar-refractivity contribution in [2.45, 2.75) is 6.42 Å². The molecule has 14 heavy (non-hydrogen) atoms. The average Bonchev–Trinajstić information content (AvgIpc) is 2.64. The fourth-order valence-corrected chi connectivity index (χ4v) is 1.05. The largest absolute Gasteiger partial charge is 0.481 e. The zero-order valence-electron chi connectivity index (χ0n) is 7.06. The Kier molecular flexibility index (Phi) is 3.95. The van der Waals surface area contributed by atoms with Crippen LogP contribution < -0.4 is 10.9 Å². The van der Waals surface area contributed by atoms with Gasteiger partial charge in [0, 0.05) is 6.54 Å². The van der Waals surface area contributed by atoms with Crippen molar-refractivity contribution in [2.75, 3.05) is 6.54 Å². The van der Waals surface area contributed by atoms with Crippen molar-refractivity contribution in [3.8, 4) is 0 Å². The van der Waals surface area contributed by atoms with Gasteiger partial charge in [-0.1, -0.05) is 4.49 Å². The van der Waals surface area contributed by atoms with Gasteiger partial charge in [-0.25, -0.2) is 5.43 Å². The second kappa shape index (κ2) is 5.25. The van der Waals surface area contributed by atoms with Gasteiger partial charge >= 0.3 is 5.97 Å². The third-order valence-corrected chi connectivity index (χ3v) is 1.91. The fraction of sp³-hybridized carbons (Fsp3) is 0.333. The minimum atomic E-state index is -0.925. The molecule has 0 atom stereocenters. The third-order valence-electron chi connectivity index (χ3n) is 1.25. The van der Waals surface area contributed by atoms with Crippen molar-refractivity contribution in [3.63, 3.8) is 0 Å². The Bertz CT molecular complexity index is 313. The number of carboxylic acids is 1. The molecule has 0 radical (unpaired) electrons. The lowest BCUT2D eigenvalue weighted by molar-refractivity contribution is -0.136. The van der Waals surface area contributed by atoms with Gasteiger partial charge in [-0.15, -0.1) is 5.10 Å². The van der Waals surface area contributed by atoms with Crippen molar-refractivity contribution in [1.29, 1.82) is 0 Å². The number of nitrogens with one attached hydrogen (secondary N) is 2. The van der Waals surface area contributed by atoms with E-state index in [0.29, 0.717) is 4.88 Å². The van der Waals surface area contributed by atoms with Crippen molar-refractivity contribution in [2.24, 2.45) is 0 Å². The van der Waals surface area contributed by atoms with Crippen molar-refractivity contribution in [3.05, 3.63) is 11.1 Å². The highest BCUT2D eigenvalue weighted by molar-refractivity contribution is 7.07.